The third kappa shape index (κ3) is 3.02. The number of pyridine rings is 1. The summed E-state index contributed by atoms with van der Waals surface area (Å²) in [6, 6.07) is 2.77. The first kappa shape index (κ1) is 13.3. The molecule has 2 rings (SSSR count). The van der Waals surface area contributed by atoms with Crippen molar-refractivity contribution in [3.05, 3.63) is 41.2 Å². The number of rotatable bonds is 5. The first-order chi connectivity index (χ1) is 9.03. The zero-order valence-electron chi connectivity index (χ0n) is 10.3. The van der Waals surface area contributed by atoms with Gasteiger partial charge in [0, 0.05) is 18.8 Å². The van der Waals surface area contributed by atoms with Gasteiger partial charge in [-0.1, -0.05) is 6.92 Å². The molecule has 0 aliphatic heterocycles. The minimum absolute atomic E-state index is 0.0271. The number of imidazole rings is 1. The molecule has 2 N–H and O–H groups in total. The minimum Gasteiger partial charge on any atom is -0.334 e. The van der Waals surface area contributed by atoms with Gasteiger partial charge in [0.1, 0.15) is 0 Å². The van der Waals surface area contributed by atoms with Crippen molar-refractivity contribution in [2.24, 2.45) is 0 Å². The van der Waals surface area contributed by atoms with Gasteiger partial charge in [0.15, 0.2) is 5.03 Å². The van der Waals surface area contributed by atoms with Crippen molar-refractivity contribution in [1.29, 1.82) is 0 Å². The summed E-state index contributed by atoms with van der Waals surface area (Å²) in [5.74, 6) is 0. The van der Waals surface area contributed by atoms with Gasteiger partial charge in [-0.25, -0.2) is 4.98 Å². The maximum atomic E-state index is 11.9. The van der Waals surface area contributed by atoms with Crippen LogP contribution < -0.4 is 10.3 Å². The largest absolute Gasteiger partial charge is 0.334 e. The maximum Gasteiger partial charge on any atom is 0.279 e. The lowest BCUT2D eigenvalue weighted by Crippen LogP contribution is -2.20. The van der Waals surface area contributed by atoms with Gasteiger partial charge in [-0.3, -0.25) is 9.52 Å². The van der Waals surface area contributed by atoms with Crippen LogP contribution in [0.3, 0.4) is 0 Å². The van der Waals surface area contributed by atoms with Gasteiger partial charge in [0.25, 0.3) is 15.6 Å². The van der Waals surface area contributed by atoms with E-state index in [0.717, 1.165) is 6.42 Å². The fraction of sp³-hybridized carbons (Fsp3) is 0.273. The molecule has 2 aromatic heterocycles. The molecule has 0 atom stereocenters. The molecule has 8 heteroatoms. The molecular weight excluding hydrogens is 268 g/mol. The number of aromatic amines is 1. The second-order valence-electron chi connectivity index (χ2n) is 3.97. The first-order valence-electron chi connectivity index (χ1n) is 5.74. The minimum atomic E-state index is -3.70. The number of nitrogens with one attached hydrogen (secondary N) is 2. The highest BCUT2D eigenvalue weighted by atomic mass is 32.2. The molecule has 19 heavy (non-hydrogen) atoms. The molecule has 0 bridgehead atoms. The van der Waals surface area contributed by atoms with Crippen molar-refractivity contribution < 1.29 is 8.42 Å². The van der Waals surface area contributed by atoms with Crippen LogP contribution >= 0.6 is 0 Å². The van der Waals surface area contributed by atoms with Gasteiger partial charge in [-0.2, -0.15) is 8.42 Å². The topological polar surface area (TPSA) is 96.8 Å². The van der Waals surface area contributed by atoms with E-state index in [4.69, 9.17) is 0 Å². The monoisotopic (exact) mass is 282 g/mol. The Morgan fingerprint density at radius 3 is 2.84 bits per heavy atom. The van der Waals surface area contributed by atoms with Crippen molar-refractivity contribution in [3.63, 3.8) is 0 Å². The molecule has 102 valence electrons. The summed E-state index contributed by atoms with van der Waals surface area (Å²) in [4.78, 5) is 17.7. The second-order valence-corrected chi connectivity index (χ2v) is 5.62. The number of aryl methyl sites for hydroxylation is 1. The Hall–Kier alpha value is -2.09. The van der Waals surface area contributed by atoms with Gasteiger partial charge in [-0.05, 0) is 12.5 Å². The quantitative estimate of drug-likeness (QED) is 0.847. The van der Waals surface area contributed by atoms with Crippen LogP contribution in [0.5, 0.6) is 0 Å². The predicted octanol–water partition coefficient (Wildman–Crippen LogP) is 0.782. The predicted molar refractivity (Wildman–Crippen MR) is 70.4 cm³/mol. The van der Waals surface area contributed by atoms with Crippen LogP contribution in [0.2, 0.25) is 0 Å². The van der Waals surface area contributed by atoms with E-state index in [9.17, 15) is 13.2 Å². The van der Waals surface area contributed by atoms with Crippen LogP contribution in [-0.4, -0.2) is 23.0 Å². The number of hydrogen-bond donors (Lipinski definition) is 2. The average Bonchev–Trinajstić information content (AvgIpc) is 2.88. The summed E-state index contributed by atoms with van der Waals surface area (Å²) in [7, 11) is -3.70. The highest BCUT2D eigenvalue weighted by Gasteiger charge is 2.15. The smallest absolute Gasteiger partial charge is 0.279 e. The van der Waals surface area contributed by atoms with E-state index in [1.54, 1.807) is 0 Å². The Morgan fingerprint density at radius 1 is 1.42 bits per heavy atom. The van der Waals surface area contributed by atoms with E-state index in [2.05, 4.69) is 14.7 Å². The first-order valence-corrected chi connectivity index (χ1v) is 7.23. The molecule has 0 aromatic carbocycles. The maximum absolute atomic E-state index is 11.9. The number of H-pyrrole nitrogens is 1. The molecular formula is C11H14N4O3S. The lowest BCUT2D eigenvalue weighted by molar-refractivity contribution is 0.598. The second kappa shape index (κ2) is 5.27. The summed E-state index contributed by atoms with van der Waals surface area (Å²) in [6.45, 7) is 2.48. The summed E-state index contributed by atoms with van der Waals surface area (Å²) >= 11 is 0. The summed E-state index contributed by atoms with van der Waals surface area (Å²) in [5.41, 5.74) is 0.175. The molecule has 0 amide bonds. The lowest BCUT2D eigenvalue weighted by atomic mass is 10.4. The Labute approximate surface area is 110 Å². The van der Waals surface area contributed by atoms with Crippen molar-refractivity contribution in [3.8, 4) is 0 Å². The molecule has 0 spiro atoms. The van der Waals surface area contributed by atoms with E-state index < -0.39 is 10.0 Å². The molecule has 0 unspecified atom stereocenters. The molecule has 0 saturated carbocycles. The number of sulfonamides is 1. The molecule has 0 aliphatic carbocycles. The molecule has 0 aliphatic rings. The normalized spacial score (nSPS) is 11.4. The number of nitrogens with zero attached hydrogens (tertiary/aromatic N) is 2. The molecule has 0 fully saturated rings. The van der Waals surface area contributed by atoms with Gasteiger partial charge < -0.3 is 9.55 Å². The van der Waals surface area contributed by atoms with E-state index in [1.165, 1.54) is 35.4 Å². The molecule has 0 radical (unpaired) electrons. The van der Waals surface area contributed by atoms with Crippen molar-refractivity contribution in [1.82, 2.24) is 14.5 Å². The van der Waals surface area contributed by atoms with Crippen molar-refractivity contribution in [2.75, 3.05) is 4.72 Å². The van der Waals surface area contributed by atoms with Crippen LogP contribution in [0.4, 0.5) is 5.69 Å². The van der Waals surface area contributed by atoms with E-state index >= 15 is 0 Å². The zero-order chi connectivity index (χ0) is 13.9. The Morgan fingerprint density at radius 2 is 2.21 bits per heavy atom. The summed E-state index contributed by atoms with van der Waals surface area (Å²) < 4.78 is 27.7. The van der Waals surface area contributed by atoms with Gasteiger partial charge >= 0.3 is 0 Å². The molecule has 0 saturated heterocycles. The van der Waals surface area contributed by atoms with Crippen LogP contribution in [0.25, 0.3) is 0 Å². The van der Waals surface area contributed by atoms with E-state index in [-0.39, 0.29) is 10.6 Å². The fourth-order valence-corrected chi connectivity index (χ4v) is 2.56. The molecule has 2 aromatic rings. The highest BCUT2D eigenvalue weighted by Crippen LogP contribution is 2.12. The van der Waals surface area contributed by atoms with Crippen molar-refractivity contribution >= 4 is 15.7 Å². The number of hydrogen-bond acceptors (Lipinski definition) is 4. The van der Waals surface area contributed by atoms with E-state index in [1.807, 2.05) is 6.92 Å². The third-order valence-electron chi connectivity index (χ3n) is 2.46. The zero-order valence-corrected chi connectivity index (χ0v) is 11.1. The van der Waals surface area contributed by atoms with Crippen LogP contribution in [0.1, 0.15) is 13.3 Å². The van der Waals surface area contributed by atoms with Crippen molar-refractivity contribution in [2.45, 2.75) is 24.9 Å². The summed E-state index contributed by atoms with van der Waals surface area (Å²) in [6.07, 6.45) is 4.77. The Balaban J connectivity index is 2.29. The van der Waals surface area contributed by atoms with Gasteiger partial charge in [0.05, 0.1) is 18.2 Å². The van der Waals surface area contributed by atoms with Crippen LogP contribution in [-0.2, 0) is 16.6 Å². The SMILES string of the molecule is CCCn1cc(NS(=O)(=O)c2cnc[nH]2)ccc1=O. The number of aromatic nitrogens is 3. The third-order valence-corrected chi connectivity index (χ3v) is 3.77. The molecule has 7 nitrogen and oxygen atoms in total. The van der Waals surface area contributed by atoms with E-state index in [0.29, 0.717) is 12.2 Å². The average molecular weight is 282 g/mol. The lowest BCUT2D eigenvalue weighted by Gasteiger charge is -2.09. The van der Waals surface area contributed by atoms with Crippen LogP contribution in [0.15, 0.2) is 40.7 Å². The highest BCUT2D eigenvalue weighted by molar-refractivity contribution is 7.92. The Kier molecular flexibility index (Phi) is 3.70. The van der Waals surface area contributed by atoms with Gasteiger partial charge in [0.2, 0.25) is 0 Å². The Bertz CT molecular complexity index is 704. The summed E-state index contributed by atoms with van der Waals surface area (Å²) in [5, 5.41) is -0.0271. The van der Waals surface area contributed by atoms with Crippen LogP contribution in [0, 0.1) is 0 Å². The molecule has 2 heterocycles. The number of anilines is 1. The fourth-order valence-electron chi connectivity index (χ4n) is 1.61. The van der Waals surface area contributed by atoms with Gasteiger partial charge in [-0.15, -0.1) is 0 Å². The standard InChI is InChI=1S/C11H14N4O3S/c1-2-5-15-7-9(3-4-11(15)16)14-19(17,18)10-6-12-8-13-10/h3-4,6-8,14H,2,5H2,1H3,(H,12,13).